The van der Waals surface area contributed by atoms with E-state index >= 15 is 0 Å². The molecule has 1 aromatic rings. The third kappa shape index (κ3) is 15.1. The van der Waals surface area contributed by atoms with Crippen molar-refractivity contribution in [1.82, 2.24) is 20.0 Å². The van der Waals surface area contributed by atoms with Crippen LogP contribution in [0.5, 0.6) is 5.75 Å². The Hall–Kier alpha value is -2.81. The smallest absolute Gasteiger partial charge is 0.317 e. The van der Waals surface area contributed by atoms with E-state index in [1.54, 1.807) is 14.7 Å². The molecule has 13 nitrogen and oxygen atoms in total. The Labute approximate surface area is 241 Å². The topological polar surface area (TPSA) is 183 Å². The van der Waals surface area contributed by atoms with Gasteiger partial charge in [-0.25, -0.2) is 0 Å². The molecule has 1 aromatic carbocycles. The summed E-state index contributed by atoms with van der Waals surface area (Å²) in [5.41, 5.74) is 1.16. The van der Waals surface area contributed by atoms with Crippen molar-refractivity contribution in [3.63, 3.8) is 0 Å². The molecule has 0 spiro atoms. The number of aliphatic carboxylic acids is 3. The first kappa shape index (κ1) is 34.4. The number of hydrogen-bond acceptors (Lipinski definition) is 10. The van der Waals surface area contributed by atoms with Gasteiger partial charge >= 0.3 is 17.9 Å². The Morgan fingerprint density at radius 3 is 2.15 bits per heavy atom. The van der Waals surface area contributed by atoms with Crippen molar-refractivity contribution in [2.75, 3.05) is 78.7 Å². The number of aliphatic hydroxyl groups is 2. The molecule has 1 saturated heterocycles. The van der Waals surface area contributed by atoms with E-state index < -0.39 is 30.1 Å². The molecule has 13 heteroatoms. The lowest BCUT2D eigenvalue weighted by atomic mass is 10.1. The van der Waals surface area contributed by atoms with Crippen LogP contribution in [0.2, 0.25) is 0 Å². The molecule has 1 aliphatic rings. The van der Waals surface area contributed by atoms with Gasteiger partial charge in [0.15, 0.2) is 0 Å². The number of ether oxygens (including phenoxy) is 1. The van der Waals surface area contributed by atoms with Crippen molar-refractivity contribution >= 4 is 17.9 Å². The first-order valence-corrected chi connectivity index (χ1v) is 14.2. The average Bonchev–Trinajstić information content (AvgIpc) is 2.90. The molecule has 6 N–H and O–H groups in total. The van der Waals surface area contributed by atoms with Crippen molar-refractivity contribution in [2.24, 2.45) is 0 Å². The molecule has 0 radical (unpaired) electrons. The van der Waals surface area contributed by atoms with Crippen molar-refractivity contribution in [3.8, 4) is 5.75 Å². The summed E-state index contributed by atoms with van der Waals surface area (Å²) >= 11 is 0. The van der Waals surface area contributed by atoms with E-state index in [9.17, 15) is 34.8 Å². The van der Waals surface area contributed by atoms with E-state index in [-0.39, 0.29) is 52.4 Å². The van der Waals surface area contributed by atoms with Gasteiger partial charge in [0, 0.05) is 58.5 Å². The fourth-order valence-electron chi connectivity index (χ4n) is 4.90. The van der Waals surface area contributed by atoms with Crippen LogP contribution in [0.3, 0.4) is 0 Å². The molecule has 232 valence electrons. The third-order valence-corrected chi connectivity index (χ3v) is 6.99. The molecule has 0 aliphatic carbocycles. The largest absolute Gasteiger partial charge is 0.491 e. The highest BCUT2D eigenvalue weighted by Crippen LogP contribution is 2.17. The Morgan fingerprint density at radius 2 is 1.49 bits per heavy atom. The minimum atomic E-state index is -1.05. The van der Waals surface area contributed by atoms with Crippen molar-refractivity contribution in [3.05, 3.63) is 29.8 Å². The summed E-state index contributed by atoms with van der Waals surface area (Å²) in [5.74, 6) is -2.45. The summed E-state index contributed by atoms with van der Waals surface area (Å²) in [6.07, 6.45) is 2.86. The van der Waals surface area contributed by atoms with Gasteiger partial charge in [-0.1, -0.05) is 18.6 Å². The van der Waals surface area contributed by atoms with Gasteiger partial charge in [-0.05, 0) is 43.4 Å². The third-order valence-electron chi connectivity index (χ3n) is 6.99. The number of carboxylic acid groups (broad SMARTS) is 3. The number of aliphatic hydroxyl groups excluding tert-OH is 2. The van der Waals surface area contributed by atoms with E-state index in [0.29, 0.717) is 38.5 Å². The lowest BCUT2D eigenvalue weighted by Gasteiger charge is -2.36. The standard InChI is InChI=1S/C28H46N4O9/c33-15-3-1-2-4-22-5-7-25(8-6-22)41-21-24(34)16-23-17-31(19-27(37)38)14-13-30(18-26(35)36)11-9-29-10-12-32(23)20-28(39)40/h5-8,23-24,29,33-34H,1-4,9-21H2,(H,35,36)(H,37,38)(H,39,40). The number of carboxylic acids is 3. The van der Waals surface area contributed by atoms with Gasteiger partial charge in [-0.15, -0.1) is 0 Å². The minimum absolute atomic E-state index is 0.0170. The van der Waals surface area contributed by atoms with Crippen LogP contribution in [-0.4, -0.2) is 149 Å². The Balaban J connectivity index is 2.07. The predicted molar refractivity (Wildman–Crippen MR) is 151 cm³/mol. The fraction of sp³-hybridized carbons (Fsp3) is 0.679. The molecule has 1 aliphatic heterocycles. The summed E-state index contributed by atoms with van der Waals surface area (Å²) in [5, 5.41) is 51.3. The molecule has 41 heavy (non-hydrogen) atoms. The predicted octanol–water partition coefficient (Wildman–Crippen LogP) is -0.347. The van der Waals surface area contributed by atoms with Gasteiger partial charge in [0.25, 0.3) is 0 Å². The second kappa shape index (κ2) is 19.3. The molecule has 0 saturated carbocycles. The van der Waals surface area contributed by atoms with Crippen LogP contribution < -0.4 is 10.1 Å². The number of carbonyl (C=O) groups is 3. The lowest BCUT2D eigenvalue weighted by Crippen LogP contribution is -2.53. The van der Waals surface area contributed by atoms with Crippen LogP contribution >= 0.6 is 0 Å². The zero-order chi connectivity index (χ0) is 30.0. The fourth-order valence-corrected chi connectivity index (χ4v) is 4.90. The summed E-state index contributed by atoms with van der Waals surface area (Å²) in [4.78, 5) is 39.7. The maximum absolute atomic E-state index is 11.7. The number of benzene rings is 1. The van der Waals surface area contributed by atoms with Crippen LogP contribution in [0.4, 0.5) is 0 Å². The molecule has 0 aromatic heterocycles. The SMILES string of the molecule is O=C(O)CN1CCNCCN(CC(=O)O)C(CC(O)COc2ccc(CCCCCO)cc2)CN(CC(=O)O)CC1. The molecule has 2 unspecified atom stereocenters. The first-order valence-electron chi connectivity index (χ1n) is 14.2. The highest BCUT2D eigenvalue weighted by Gasteiger charge is 2.27. The maximum Gasteiger partial charge on any atom is 0.317 e. The van der Waals surface area contributed by atoms with E-state index in [2.05, 4.69) is 5.32 Å². The van der Waals surface area contributed by atoms with Crippen LogP contribution in [0.15, 0.2) is 24.3 Å². The minimum Gasteiger partial charge on any atom is -0.491 e. The van der Waals surface area contributed by atoms with Gasteiger partial charge in [-0.3, -0.25) is 29.1 Å². The van der Waals surface area contributed by atoms with E-state index in [1.807, 2.05) is 24.3 Å². The van der Waals surface area contributed by atoms with E-state index in [4.69, 9.17) is 9.84 Å². The highest BCUT2D eigenvalue weighted by molar-refractivity contribution is 5.70. The quantitative estimate of drug-likeness (QED) is 0.139. The molecule has 0 amide bonds. The second-order valence-electron chi connectivity index (χ2n) is 10.4. The Bertz CT molecular complexity index is 918. The number of nitrogens with zero attached hydrogens (tertiary/aromatic N) is 3. The summed E-state index contributed by atoms with van der Waals surface area (Å²) < 4.78 is 5.80. The Morgan fingerprint density at radius 1 is 0.854 bits per heavy atom. The zero-order valence-electron chi connectivity index (χ0n) is 23.7. The molecular weight excluding hydrogens is 536 g/mol. The van der Waals surface area contributed by atoms with E-state index in [1.165, 1.54) is 0 Å². The first-order chi connectivity index (χ1) is 19.7. The van der Waals surface area contributed by atoms with Crippen LogP contribution in [0.1, 0.15) is 31.2 Å². The van der Waals surface area contributed by atoms with E-state index in [0.717, 1.165) is 31.2 Å². The van der Waals surface area contributed by atoms with Crippen molar-refractivity contribution in [1.29, 1.82) is 0 Å². The van der Waals surface area contributed by atoms with Gasteiger partial charge in [0.2, 0.25) is 0 Å². The lowest BCUT2D eigenvalue weighted by molar-refractivity contribution is -0.141. The van der Waals surface area contributed by atoms with Crippen LogP contribution in [0.25, 0.3) is 0 Å². The number of aryl methyl sites for hydroxylation is 1. The van der Waals surface area contributed by atoms with Crippen molar-refractivity contribution in [2.45, 2.75) is 44.2 Å². The number of unbranched alkanes of at least 4 members (excludes halogenated alkanes) is 2. The van der Waals surface area contributed by atoms with Crippen molar-refractivity contribution < 1.29 is 44.7 Å². The maximum atomic E-state index is 11.7. The summed E-state index contributed by atoms with van der Waals surface area (Å²) in [7, 11) is 0. The molecule has 1 fully saturated rings. The molecular formula is C28H46N4O9. The number of nitrogens with one attached hydrogen (secondary N) is 1. The second-order valence-corrected chi connectivity index (χ2v) is 10.4. The van der Waals surface area contributed by atoms with Crippen LogP contribution in [-0.2, 0) is 20.8 Å². The average molecular weight is 583 g/mol. The highest BCUT2D eigenvalue weighted by atomic mass is 16.5. The Kier molecular flexibility index (Phi) is 16.2. The monoisotopic (exact) mass is 582 g/mol. The van der Waals surface area contributed by atoms with Gasteiger partial charge in [0.05, 0.1) is 25.7 Å². The number of hydrogen-bond donors (Lipinski definition) is 6. The molecule has 1 heterocycles. The molecule has 0 bridgehead atoms. The zero-order valence-corrected chi connectivity index (χ0v) is 23.7. The number of rotatable bonds is 16. The summed E-state index contributed by atoms with van der Waals surface area (Å²) in [6.45, 7) is 1.98. The summed E-state index contributed by atoms with van der Waals surface area (Å²) in [6, 6.07) is 7.12. The van der Waals surface area contributed by atoms with Gasteiger partial charge < -0.3 is 35.6 Å². The van der Waals surface area contributed by atoms with Gasteiger partial charge in [0.1, 0.15) is 12.4 Å². The van der Waals surface area contributed by atoms with Crippen LogP contribution in [0, 0.1) is 0 Å². The molecule has 2 rings (SSSR count). The normalized spacial score (nSPS) is 19.1. The molecule has 2 atom stereocenters. The van der Waals surface area contributed by atoms with Gasteiger partial charge in [-0.2, -0.15) is 0 Å².